The molecular formula is C77H109N19O19. The Labute approximate surface area is 663 Å². The topological polar surface area (TPSA) is 580 Å². The number of aliphatic hydroxyl groups excluding tert-OH is 1. The Kier molecular flexibility index (Phi) is 32.4. The lowest BCUT2D eigenvalue weighted by atomic mass is 9.85. The number of hydrogen-bond acceptors (Lipinski definition) is 19. The highest BCUT2D eigenvalue weighted by molar-refractivity contribution is 6.01. The average molecular weight is 1600 g/mol. The number of amides is 14. The monoisotopic (exact) mass is 1600 g/mol. The maximum Gasteiger partial charge on any atom is 0.305 e. The third kappa shape index (κ3) is 26.4. The van der Waals surface area contributed by atoms with Crippen molar-refractivity contribution in [3.63, 3.8) is 0 Å². The quantitative estimate of drug-likeness (QED) is 0.0318. The molecule has 0 aliphatic carbocycles. The van der Waals surface area contributed by atoms with Crippen LogP contribution in [0.4, 0.5) is 0 Å². The lowest BCUT2D eigenvalue weighted by Crippen LogP contribution is -2.68. The first-order valence-corrected chi connectivity index (χ1v) is 38.4. The lowest BCUT2D eigenvalue weighted by Gasteiger charge is -2.42. The molecule has 626 valence electrons. The number of imidazole rings is 1. The number of primary amides is 1. The summed E-state index contributed by atoms with van der Waals surface area (Å²) in [6, 6.07) is -3.28. The van der Waals surface area contributed by atoms with E-state index in [0.717, 1.165) is 0 Å². The van der Waals surface area contributed by atoms with Crippen molar-refractivity contribution in [3.8, 4) is 0 Å². The predicted molar refractivity (Wildman–Crippen MR) is 416 cm³/mol. The fourth-order valence-corrected chi connectivity index (χ4v) is 13.6. The normalized spacial score (nSPS) is 23.8. The zero-order valence-electron chi connectivity index (χ0n) is 66.2. The van der Waals surface area contributed by atoms with Crippen molar-refractivity contribution in [1.29, 1.82) is 0 Å². The SMILES string of the molecule is CCC[C@@H]1NC(=O)[C@H](CCC(=O)O)NC(=O)CNC(=O)[C@H](CC(C)C)NC(=O)[C@H](Cc2c[nH]cn2)NC(=O)[C@H](Cc2c[nH]c3ccccc23)NC(=O)[C@H](C)NC(=O)[C@@H](NC(=O)C(CC(=O)O)NC(C)(C)C)CCC(=O)N2CCC(C(=O)N[C@H](C(N)=O)C(C)O)(CC2)NC(=O)[C@H](Cc2c[nH]c3ccccc23)NC(=O)[C@H](C(C)C)NC1=O. The number of hydrogen-bond donors (Lipinski definition) is 20. The number of aliphatic carboxylic acids is 2. The van der Waals surface area contributed by atoms with Crippen LogP contribution >= 0.6 is 0 Å². The Bertz CT molecular complexity index is 4330. The van der Waals surface area contributed by atoms with Gasteiger partial charge in [-0.3, -0.25) is 76.7 Å². The van der Waals surface area contributed by atoms with Crippen LogP contribution in [0.15, 0.2) is 73.4 Å². The van der Waals surface area contributed by atoms with Crippen LogP contribution < -0.4 is 74.9 Å². The molecule has 2 aromatic carbocycles. The van der Waals surface area contributed by atoms with E-state index < -0.39 is 236 Å². The van der Waals surface area contributed by atoms with Crippen LogP contribution in [0.25, 0.3) is 21.8 Å². The van der Waals surface area contributed by atoms with Gasteiger partial charge in [0.1, 0.15) is 66.0 Å². The number of carbonyl (C=O) groups is 16. The molecule has 3 saturated heterocycles. The number of piperidine rings is 1. The average Bonchev–Trinajstić information content (AvgIpc) is 1.76. The molecule has 6 heterocycles. The molecule has 3 fully saturated rings. The zero-order valence-corrected chi connectivity index (χ0v) is 66.2. The van der Waals surface area contributed by atoms with Gasteiger partial charge in [-0.1, -0.05) is 77.4 Å². The Morgan fingerprint density at radius 3 is 1.71 bits per heavy atom. The van der Waals surface area contributed by atoms with E-state index in [1.807, 2.05) is 0 Å². The van der Waals surface area contributed by atoms with E-state index in [1.165, 1.54) is 31.3 Å². The number of fused-ring (bicyclic) bond motifs is 36. The minimum Gasteiger partial charge on any atom is -0.481 e. The van der Waals surface area contributed by atoms with Crippen LogP contribution in [-0.4, -0.2) is 238 Å². The number of aliphatic hydroxyl groups is 1. The number of carboxylic acids is 2. The number of benzene rings is 2. The van der Waals surface area contributed by atoms with Gasteiger partial charge in [-0.2, -0.15) is 0 Å². The van der Waals surface area contributed by atoms with Crippen LogP contribution in [0.5, 0.6) is 0 Å². The minimum absolute atomic E-state index is 0.0556. The molecule has 5 aromatic rings. The van der Waals surface area contributed by atoms with E-state index in [9.17, 15) is 82.4 Å². The van der Waals surface area contributed by atoms with Crippen LogP contribution in [0.3, 0.4) is 0 Å². The lowest BCUT2D eigenvalue weighted by molar-refractivity contribution is -0.143. The van der Waals surface area contributed by atoms with Gasteiger partial charge in [-0.15, -0.1) is 0 Å². The third-order valence-corrected chi connectivity index (χ3v) is 19.8. The van der Waals surface area contributed by atoms with Gasteiger partial charge in [-0.05, 0) is 108 Å². The van der Waals surface area contributed by atoms with Crippen LogP contribution in [-0.2, 0) is 96.0 Å². The fraction of sp³-hybridized carbons (Fsp3) is 0.545. The predicted octanol–water partition coefficient (Wildman–Crippen LogP) is -1.88. The van der Waals surface area contributed by atoms with E-state index in [-0.39, 0.29) is 63.2 Å². The molecule has 0 spiro atoms. The number of nitrogens with zero attached hydrogens (tertiary/aromatic N) is 2. The second-order valence-corrected chi connectivity index (χ2v) is 31.0. The van der Waals surface area contributed by atoms with Gasteiger partial charge >= 0.3 is 11.9 Å². The minimum atomic E-state index is -2.09. The molecule has 38 nitrogen and oxygen atoms in total. The summed E-state index contributed by atoms with van der Waals surface area (Å²) < 4.78 is 0. The molecule has 3 aliphatic rings. The van der Waals surface area contributed by atoms with E-state index in [1.54, 1.807) is 116 Å². The van der Waals surface area contributed by atoms with Crippen LogP contribution in [0, 0.1) is 11.8 Å². The number of carboxylic acid groups (broad SMARTS) is 2. The Morgan fingerprint density at radius 1 is 0.635 bits per heavy atom. The summed E-state index contributed by atoms with van der Waals surface area (Å²) >= 11 is 0. The molecular weight excluding hydrogens is 1490 g/mol. The van der Waals surface area contributed by atoms with Crippen molar-refractivity contribution in [1.82, 2.24) is 94.0 Å². The standard InChI is InChI=1S/C77H109N19O19/c1-11-16-50-69(109)92-62(40(4)5)74(114)91-55(31-44-35-81-49-20-15-13-18-47(44)49)73(113)95-77(75(115)93-63(42(7)97)64(78)104)25-27-96(28-26-77)59(99)23-21-52(87-72(112)57(33-61(102)103)94-76(8,9)10)67(107)84-41(6)65(105)88-54(30-43-34-80-48-19-14-12-17-46(43)48)70(110)90-56(32-45-36-79-38-83-45)71(111)89-53(29-39(2)3)66(106)82-37-58(98)85-51(68(108)86-50)22-24-60(100)101/h12-15,17-20,34-36,38-42,50-57,62-63,80-81,94,97H,11,16,21-33,37H2,1-10H3,(H2,78,104)(H,79,83)(H,82,106)(H,84,107)(H,85,98)(H,86,108)(H,87,112)(H,88,105)(H,89,111)(H,90,110)(H,91,114)(H,92,109)(H,93,115)(H,95,113)(H,100,101)(H,102,103)/t41-,42?,50-,51-,52-,53-,54-,55-,56-,57?,62-,63-/m0/s1. The molecule has 3 aromatic heterocycles. The summed E-state index contributed by atoms with van der Waals surface area (Å²) in [7, 11) is 0. The van der Waals surface area contributed by atoms with Gasteiger partial charge in [0.2, 0.25) is 82.7 Å². The molecule has 2 bridgehead atoms. The van der Waals surface area contributed by atoms with Gasteiger partial charge in [0.25, 0.3) is 0 Å². The zero-order chi connectivity index (χ0) is 84.8. The number of carbonyl (C=O) groups excluding carboxylic acids is 14. The van der Waals surface area contributed by atoms with Crippen LogP contribution in [0.2, 0.25) is 0 Å². The number of nitrogens with two attached hydrogens (primary N) is 1. The second-order valence-electron chi connectivity index (χ2n) is 31.0. The van der Waals surface area contributed by atoms with Crippen molar-refractivity contribution < 1.29 is 92.0 Å². The Morgan fingerprint density at radius 2 is 1.17 bits per heavy atom. The number of H-pyrrole nitrogens is 3. The molecule has 21 N–H and O–H groups in total. The molecule has 2 unspecified atom stereocenters. The summed E-state index contributed by atoms with van der Waals surface area (Å²) in [4.78, 5) is 242. The summed E-state index contributed by atoms with van der Waals surface area (Å²) in [5.74, 6) is -17.5. The second kappa shape index (κ2) is 41.3. The Balaban J connectivity index is 1.30. The van der Waals surface area contributed by atoms with E-state index in [2.05, 4.69) is 89.1 Å². The van der Waals surface area contributed by atoms with Crippen LogP contribution in [0.1, 0.15) is 150 Å². The first-order valence-electron chi connectivity index (χ1n) is 38.4. The maximum atomic E-state index is 15.4. The summed E-state index contributed by atoms with van der Waals surface area (Å²) in [6.07, 6.45) is -0.313. The molecule has 8 rings (SSSR count). The highest BCUT2D eigenvalue weighted by Crippen LogP contribution is 2.27. The highest BCUT2D eigenvalue weighted by Gasteiger charge is 2.47. The van der Waals surface area contributed by atoms with E-state index in [0.29, 0.717) is 32.9 Å². The van der Waals surface area contributed by atoms with Crippen molar-refractivity contribution in [2.75, 3.05) is 19.6 Å². The summed E-state index contributed by atoms with van der Waals surface area (Å²) in [6.45, 7) is 14.2. The highest BCUT2D eigenvalue weighted by atomic mass is 16.4. The van der Waals surface area contributed by atoms with E-state index >= 15 is 9.59 Å². The molecule has 12 atom stereocenters. The first-order chi connectivity index (χ1) is 54.2. The van der Waals surface area contributed by atoms with Crippen molar-refractivity contribution in [3.05, 3.63) is 90.3 Å². The van der Waals surface area contributed by atoms with Crippen molar-refractivity contribution >= 4 is 116 Å². The molecule has 115 heavy (non-hydrogen) atoms. The molecule has 0 saturated carbocycles. The number of para-hydroxylation sites is 2. The number of aromatic nitrogens is 4. The molecule has 14 amide bonds. The smallest absolute Gasteiger partial charge is 0.305 e. The summed E-state index contributed by atoms with van der Waals surface area (Å²) in [5, 5.41) is 65.9. The Hall–Kier alpha value is -11.8. The van der Waals surface area contributed by atoms with Gasteiger partial charge in [-0.25, -0.2) is 4.98 Å². The van der Waals surface area contributed by atoms with Gasteiger partial charge < -0.3 is 110 Å². The molecule has 0 radical (unpaired) electrons. The van der Waals surface area contributed by atoms with Gasteiger partial charge in [0.05, 0.1) is 37.1 Å². The van der Waals surface area contributed by atoms with Crippen molar-refractivity contribution in [2.45, 2.75) is 236 Å². The largest absolute Gasteiger partial charge is 0.481 e. The van der Waals surface area contributed by atoms with Gasteiger partial charge in [0.15, 0.2) is 0 Å². The maximum absolute atomic E-state index is 15.4. The number of rotatable bonds is 23. The number of aromatic amines is 3. The third-order valence-electron chi connectivity index (χ3n) is 19.8. The summed E-state index contributed by atoms with van der Waals surface area (Å²) in [5.41, 5.74) is 5.22. The van der Waals surface area contributed by atoms with Gasteiger partial charge in [0, 0.05) is 91.1 Å². The van der Waals surface area contributed by atoms with E-state index in [4.69, 9.17) is 5.73 Å². The molecule has 3 aliphatic heterocycles. The molecule has 38 heteroatoms. The van der Waals surface area contributed by atoms with Crippen molar-refractivity contribution in [2.24, 2.45) is 17.6 Å². The number of nitrogens with one attached hydrogen (secondary N) is 16. The first kappa shape index (κ1) is 90.4. The fourth-order valence-electron chi connectivity index (χ4n) is 13.6.